The zero-order chi connectivity index (χ0) is 96.7. The van der Waals surface area contributed by atoms with Gasteiger partial charge in [0.2, 0.25) is 0 Å². The van der Waals surface area contributed by atoms with Crippen molar-refractivity contribution < 1.29 is 13.3 Å². The maximum absolute atomic E-state index is 6.66. The minimum absolute atomic E-state index is 0.898. The Balaban J connectivity index is 0.000000104. The molecule has 9 heteroatoms. The normalized spacial score (nSPS) is 11.8. The van der Waals surface area contributed by atoms with Gasteiger partial charge in [0.05, 0.1) is 67.2 Å². The van der Waals surface area contributed by atoms with Crippen molar-refractivity contribution in [3.63, 3.8) is 0 Å². The van der Waals surface area contributed by atoms with E-state index in [-0.39, 0.29) is 0 Å². The van der Waals surface area contributed by atoms with Crippen molar-refractivity contribution in [2.75, 3.05) is 14.7 Å². The second-order valence-electron chi connectivity index (χ2n) is 38.0. The van der Waals surface area contributed by atoms with Gasteiger partial charge in [0, 0.05) is 131 Å². The van der Waals surface area contributed by atoms with Crippen LogP contribution in [-0.4, -0.2) is 13.7 Å². The first-order valence-corrected chi connectivity index (χ1v) is 50.2. The standard InChI is InChI=1S/C50H32N2O.2C44H28N2O/c1-2-14-39-35(11-1)12-9-20-44(39)52(47-21-10-13-36-27-32-43-42-17-5-8-22-48(42)53-50(43)49(36)47)38-30-25-34(26-31-38)33-23-28-37(29-24-33)51-45-18-6-3-15-40(45)41-16-4-7-19-46(41)51;1-2-17-33-29(12-1)13-9-23-38(33)46(41-24-10-14-30-26-27-37-36-20-5-8-25-42(36)47-44(37)43(30)41)32-16-11-15-31(28-32)45-39-21-6-3-18-34(39)35-19-4-7-22-40(35)45;1-2-14-33-29(11-1)12-9-20-38(33)46(41-21-10-13-30-23-28-37-36-17-5-8-22-42(36)47-44(37)43(30)41)32-26-24-31(25-27-32)45-39-18-6-3-15-34(39)35-16-4-7-19-40(35)45/h1-32H;2*1-28H. The molecular weight excluding hydrogens is 1790 g/mol. The highest BCUT2D eigenvalue weighted by Gasteiger charge is 2.28. The highest BCUT2D eigenvalue weighted by Crippen LogP contribution is 2.52. The molecule has 0 amide bonds. The third-order valence-electron chi connectivity index (χ3n) is 29.9. The van der Waals surface area contributed by atoms with Crippen molar-refractivity contribution in [3.8, 4) is 28.2 Å². The summed E-state index contributed by atoms with van der Waals surface area (Å²) in [6.07, 6.45) is 0. The fourth-order valence-corrected chi connectivity index (χ4v) is 23.3. The van der Waals surface area contributed by atoms with Gasteiger partial charge < -0.3 is 41.7 Å². The van der Waals surface area contributed by atoms with E-state index in [1.165, 1.54) is 103 Å². The van der Waals surface area contributed by atoms with Crippen LogP contribution in [-0.2, 0) is 0 Å². The molecule has 0 N–H and O–H groups in total. The summed E-state index contributed by atoms with van der Waals surface area (Å²) < 4.78 is 27.1. The van der Waals surface area contributed by atoms with E-state index in [1.54, 1.807) is 0 Å². The minimum atomic E-state index is 0.898. The van der Waals surface area contributed by atoms with Crippen molar-refractivity contribution in [3.05, 3.63) is 534 Å². The minimum Gasteiger partial charge on any atom is -0.455 e. The van der Waals surface area contributed by atoms with Crippen molar-refractivity contribution >= 4 is 247 Å². The number of benzene rings is 25. The number of hydrogen-bond donors (Lipinski definition) is 0. The summed E-state index contributed by atoms with van der Waals surface area (Å²) in [4.78, 5) is 7.20. The molecule has 147 heavy (non-hydrogen) atoms. The summed E-state index contributed by atoms with van der Waals surface area (Å²) >= 11 is 0. The Kier molecular flexibility index (Phi) is 19.8. The van der Waals surface area contributed by atoms with Crippen LogP contribution in [0, 0.1) is 0 Å². The molecule has 6 aromatic heterocycles. The molecule has 31 rings (SSSR count). The quantitative estimate of drug-likeness (QED) is 0.115. The molecule has 9 nitrogen and oxygen atoms in total. The lowest BCUT2D eigenvalue weighted by atomic mass is 10.0. The van der Waals surface area contributed by atoms with Crippen LogP contribution in [0.3, 0.4) is 0 Å². The molecule has 0 atom stereocenters. The van der Waals surface area contributed by atoms with E-state index in [4.69, 9.17) is 13.3 Å². The Morgan fingerprint density at radius 2 is 0.381 bits per heavy atom. The lowest BCUT2D eigenvalue weighted by Gasteiger charge is -2.28. The lowest BCUT2D eigenvalue weighted by Crippen LogP contribution is -2.11. The molecule has 0 spiro atoms. The Labute approximate surface area is 844 Å². The van der Waals surface area contributed by atoms with Crippen LogP contribution in [0.4, 0.5) is 51.2 Å². The van der Waals surface area contributed by atoms with E-state index >= 15 is 0 Å². The topological polar surface area (TPSA) is 63.9 Å². The second-order valence-corrected chi connectivity index (χ2v) is 38.0. The average Bonchev–Trinajstić information content (AvgIpc) is 1.77. The Bertz CT molecular complexity index is 10500. The van der Waals surface area contributed by atoms with Gasteiger partial charge in [-0.1, -0.05) is 358 Å². The van der Waals surface area contributed by atoms with Gasteiger partial charge in [-0.05, 0) is 219 Å². The first-order valence-electron chi connectivity index (χ1n) is 50.2. The van der Waals surface area contributed by atoms with Crippen molar-refractivity contribution in [1.29, 1.82) is 0 Å². The summed E-state index contributed by atoms with van der Waals surface area (Å²) in [5.74, 6) is 0. The van der Waals surface area contributed by atoms with Gasteiger partial charge in [0.1, 0.15) is 33.5 Å². The number of fused-ring (bicyclic) bond motifs is 27. The summed E-state index contributed by atoms with van der Waals surface area (Å²) in [5.41, 5.74) is 28.2. The fourth-order valence-electron chi connectivity index (χ4n) is 23.3. The number of rotatable bonds is 13. The van der Waals surface area contributed by atoms with Gasteiger partial charge in [0.15, 0.2) is 0 Å². The number of hydrogen-bond acceptors (Lipinski definition) is 6. The molecule has 0 bridgehead atoms. The number of furan rings is 3. The zero-order valence-electron chi connectivity index (χ0n) is 79.7. The van der Waals surface area contributed by atoms with Gasteiger partial charge in [-0.2, -0.15) is 0 Å². The van der Waals surface area contributed by atoms with E-state index in [2.05, 4.69) is 544 Å². The molecule has 0 saturated carbocycles. The smallest absolute Gasteiger partial charge is 0.145 e. The lowest BCUT2D eigenvalue weighted by molar-refractivity contribution is 0.672. The predicted molar refractivity (Wildman–Crippen MR) is 619 cm³/mol. The molecule has 0 unspecified atom stereocenters. The van der Waals surface area contributed by atoms with Gasteiger partial charge in [-0.3, -0.25) is 0 Å². The summed E-state index contributed by atoms with van der Waals surface area (Å²) in [6.45, 7) is 0. The predicted octanol–water partition coefficient (Wildman–Crippen LogP) is 39.0. The van der Waals surface area contributed by atoms with Crippen LogP contribution in [0.2, 0.25) is 0 Å². The van der Waals surface area contributed by atoms with Crippen LogP contribution in [0.15, 0.2) is 547 Å². The maximum Gasteiger partial charge on any atom is 0.145 e. The molecule has 25 aromatic carbocycles. The van der Waals surface area contributed by atoms with Gasteiger partial charge in [0.25, 0.3) is 0 Å². The summed E-state index contributed by atoms with van der Waals surface area (Å²) in [5, 5.41) is 28.2. The van der Waals surface area contributed by atoms with Crippen molar-refractivity contribution in [2.24, 2.45) is 0 Å². The maximum atomic E-state index is 6.66. The molecule has 6 heterocycles. The SMILES string of the molecule is c1cc(N(c2cccc3ccccc23)c2cccc3ccc4c5ccccc5oc4c23)cc(-n2c3ccccc3c3ccccc32)c1.c1ccc2c(N(c3ccc(-c4ccc(-n5c6ccccc6c6ccccc65)cc4)cc3)c3cccc4ccc5c6ccccc6oc5c34)cccc2c1.c1ccc2c(N(c3ccc(-n4c5ccccc5c5ccccc54)cc3)c3cccc4ccc5c6ccccc6oc5c34)cccc2c1. The van der Waals surface area contributed by atoms with E-state index in [9.17, 15) is 0 Å². The van der Waals surface area contributed by atoms with Crippen LogP contribution in [0.25, 0.3) is 224 Å². The molecule has 0 aliphatic carbocycles. The number of nitrogens with zero attached hydrogens (tertiary/aromatic N) is 6. The van der Waals surface area contributed by atoms with Crippen molar-refractivity contribution in [2.45, 2.75) is 0 Å². The van der Waals surface area contributed by atoms with E-state index in [1.807, 2.05) is 18.2 Å². The van der Waals surface area contributed by atoms with Crippen molar-refractivity contribution in [1.82, 2.24) is 13.7 Å². The summed E-state index contributed by atoms with van der Waals surface area (Å²) in [6, 6.07) is 191. The third kappa shape index (κ3) is 13.8. The van der Waals surface area contributed by atoms with Gasteiger partial charge >= 0.3 is 0 Å². The molecule has 688 valence electrons. The van der Waals surface area contributed by atoms with Gasteiger partial charge in [-0.15, -0.1) is 0 Å². The van der Waals surface area contributed by atoms with E-state index in [0.717, 1.165) is 172 Å². The number of anilines is 9. The fraction of sp³-hybridized carbons (Fsp3) is 0. The van der Waals surface area contributed by atoms with Crippen LogP contribution >= 0.6 is 0 Å². The Morgan fingerprint density at radius 1 is 0.143 bits per heavy atom. The number of aromatic nitrogens is 3. The highest BCUT2D eigenvalue weighted by atomic mass is 16.3. The molecular formula is C138H88N6O3. The van der Waals surface area contributed by atoms with Crippen LogP contribution in [0.1, 0.15) is 0 Å². The Hall–Kier alpha value is -19.7. The number of para-hydroxylation sites is 9. The largest absolute Gasteiger partial charge is 0.455 e. The first-order chi connectivity index (χ1) is 73.0. The zero-order valence-corrected chi connectivity index (χ0v) is 79.7. The summed E-state index contributed by atoms with van der Waals surface area (Å²) in [7, 11) is 0. The van der Waals surface area contributed by atoms with Gasteiger partial charge in [-0.25, -0.2) is 0 Å². The molecule has 0 aliphatic heterocycles. The molecule has 31 aromatic rings. The van der Waals surface area contributed by atoms with Crippen LogP contribution in [0.5, 0.6) is 0 Å². The molecule has 0 fully saturated rings. The highest BCUT2D eigenvalue weighted by molar-refractivity contribution is 6.25. The van der Waals surface area contributed by atoms with E-state index < -0.39 is 0 Å². The monoisotopic (exact) mass is 1880 g/mol. The molecule has 0 aliphatic rings. The molecule has 0 saturated heterocycles. The third-order valence-corrected chi connectivity index (χ3v) is 29.9. The Morgan fingerprint density at radius 3 is 0.714 bits per heavy atom. The second kappa shape index (κ2) is 34.6. The average molecular weight is 1880 g/mol. The molecule has 0 radical (unpaired) electrons. The first kappa shape index (κ1) is 84.2. The van der Waals surface area contributed by atoms with Crippen LogP contribution < -0.4 is 14.7 Å². The van der Waals surface area contributed by atoms with E-state index in [0.29, 0.717) is 0 Å².